The fourth-order valence-electron chi connectivity index (χ4n) is 5.39. The first kappa shape index (κ1) is 24.7. The van der Waals surface area contributed by atoms with Gasteiger partial charge in [-0.2, -0.15) is 5.10 Å². The van der Waals surface area contributed by atoms with Crippen LogP contribution in [-0.2, 0) is 6.54 Å². The predicted octanol–water partition coefficient (Wildman–Crippen LogP) is 3.59. The SMILES string of the molecule is O=C(N[C@H](c1cn2ncc(CN3CCCCNC3=O)cc2n1)C1CCC(F)(F)CC1)c1nonc1C1CC1. The van der Waals surface area contributed by atoms with Crippen molar-refractivity contribution in [3.63, 3.8) is 0 Å². The van der Waals surface area contributed by atoms with E-state index < -0.39 is 17.9 Å². The number of urea groups is 1. The number of carbonyl (C=O) groups excluding carboxylic acids is 2. The van der Waals surface area contributed by atoms with E-state index in [0.29, 0.717) is 36.7 Å². The highest BCUT2D eigenvalue weighted by Crippen LogP contribution is 2.42. The number of nitrogens with one attached hydrogen (secondary N) is 2. The molecule has 0 bridgehead atoms. The van der Waals surface area contributed by atoms with Gasteiger partial charge in [0.15, 0.2) is 11.3 Å². The minimum atomic E-state index is -2.70. The van der Waals surface area contributed by atoms with Crippen molar-refractivity contribution in [1.82, 2.24) is 40.4 Å². The summed E-state index contributed by atoms with van der Waals surface area (Å²) in [5.74, 6) is -3.21. The zero-order valence-electron chi connectivity index (χ0n) is 20.9. The first-order valence-electron chi connectivity index (χ1n) is 13.2. The van der Waals surface area contributed by atoms with Crippen LogP contribution in [0.2, 0.25) is 0 Å². The average Bonchev–Trinajstić information content (AvgIpc) is 3.52. The summed E-state index contributed by atoms with van der Waals surface area (Å²) in [7, 11) is 0. The predicted molar refractivity (Wildman–Crippen MR) is 129 cm³/mol. The molecule has 3 aromatic heterocycles. The average molecular weight is 529 g/mol. The van der Waals surface area contributed by atoms with Gasteiger partial charge in [0.25, 0.3) is 5.91 Å². The molecule has 13 heteroatoms. The van der Waals surface area contributed by atoms with Crippen LogP contribution < -0.4 is 10.6 Å². The van der Waals surface area contributed by atoms with E-state index in [1.165, 1.54) is 0 Å². The Kier molecular flexibility index (Phi) is 6.44. The van der Waals surface area contributed by atoms with Crippen LogP contribution in [0.4, 0.5) is 13.6 Å². The minimum Gasteiger partial charge on any atom is -0.342 e. The highest BCUT2D eigenvalue weighted by molar-refractivity contribution is 5.93. The van der Waals surface area contributed by atoms with Gasteiger partial charge in [0, 0.05) is 38.4 Å². The molecule has 38 heavy (non-hydrogen) atoms. The van der Waals surface area contributed by atoms with E-state index in [0.717, 1.165) is 31.2 Å². The quantitative estimate of drug-likeness (QED) is 0.479. The molecule has 3 aromatic rings. The fraction of sp³-hybridized carbons (Fsp3) is 0.600. The number of alkyl halides is 2. The third-order valence-corrected chi connectivity index (χ3v) is 7.72. The number of hydrogen-bond acceptors (Lipinski definition) is 7. The molecule has 1 saturated heterocycles. The monoisotopic (exact) mass is 528 g/mol. The Balaban J connectivity index is 1.26. The first-order valence-corrected chi connectivity index (χ1v) is 13.2. The van der Waals surface area contributed by atoms with Crippen LogP contribution in [0.5, 0.6) is 0 Å². The van der Waals surface area contributed by atoms with Gasteiger partial charge >= 0.3 is 6.03 Å². The summed E-state index contributed by atoms with van der Waals surface area (Å²) in [6.07, 6.45) is 7.15. The molecule has 6 rings (SSSR count). The molecule has 2 N–H and O–H groups in total. The van der Waals surface area contributed by atoms with Crippen molar-refractivity contribution in [2.45, 2.75) is 75.8 Å². The van der Waals surface area contributed by atoms with E-state index in [2.05, 4.69) is 26.0 Å². The van der Waals surface area contributed by atoms with E-state index in [-0.39, 0.29) is 49.2 Å². The molecule has 0 radical (unpaired) electrons. The van der Waals surface area contributed by atoms with Gasteiger partial charge in [-0.1, -0.05) is 5.16 Å². The van der Waals surface area contributed by atoms with Gasteiger partial charge in [0.1, 0.15) is 5.69 Å². The molecule has 3 amide bonds. The highest BCUT2D eigenvalue weighted by Gasteiger charge is 2.40. The Morgan fingerprint density at radius 1 is 1.21 bits per heavy atom. The van der Waals surface area contributed by atoms with Gasteiger partial charge in [-0.25, -0.2) is 27.7 Å². The summed E-state index contributed by atoms with van der Waals surface area (Å²) in [6.45, 7) is 1.73. The molecule has 202 valence electrons. The molecule has 3 fully saturated rings. The Morgan fingerprint density at radius 2 is 2.03 bits per heavy atom. The number of aromatic nitrogens is 5. The molecule has 11 nitrogen and oxygen atoms in total. The van der Waals surface area contributed by atoms with E-state index in [1.54, 1.807) is 21.8 Å². The lowest BCUT2D eigenvalue weighted by Gasteiger charge is -2.33. The van der Waals surface area contributed by atoms with Crippen molar-refractivity contribution >= 4 is 17.6 Å². The normalized spacial score (nSPS) is 21.2. The summed E-state index contributed by atoms with van der Waals surface area (Å²) in [6, 6.07) is 1.15. The Hall–Kier alpha value is -3.64. The largest absolute Gasteiger partial charge is 0.342 e. The smallest absolute Gasteiger partial charge is 0.317 e. The van der Waals surface area contributed by atoms with Crippen molar-refractivity contribution in [2.24, 2.45) is 5.92 Å². The van der Waals surface area contributed by atoms with Crippen molar-refractivity contribution in [2.75, 3.05) is 13.1 Å². The summed E-state index contributed by atoms with van der Waals surface area (Å²) in [5.41, 5.74) is 2.59. The van der Waals surface area contributed by atoms with Crippen LogP contribution in [0.25, 0.3) is 5.65 Å². The van der Waals surface area contributed by atoms with Crippen molar-refractivity contribution < 1.29 is 23.0 Å². The van der Waals surface area contributed by atoms with E-state index >= 15 is 0 Å². The lowest BCUT2D eigenvalue weighted by molar-refractivity contribution is -0.0495. The maximum atomic E-state index is 14.0. The number of fused-ring (bicyclic) bond motifs is 1. The van der Waals surface area contributed by atoms with Gasteiger partial charge in [-0.3, -0.25) is 4.79 Å². The van der Waals surface area contributed by atoms with E-state index in [9.17, 15) is 18.4 Å². The summed E-state index contributed by atoms with van der Waals surface area (Å²) in [5, 5.41) is 18.1. The van der Waals surface area contributed by atoms with Crippen LogP contribution in [-0.4, -0.2) is 60.8 Å². The van der Waals surface area contributed by atoms with Crippen molar-refractivity contribution in [3.05, 3.63) is 41.1 Å². The van der Waals surface area contributed by atoms with Crippen molar-refractivity contribution in [1.29, 1.82) is 0 Å². The zero-order valence-corrected chi connectivity index (χ0v) is 20.9. The number of amides is 3. The molecule has 0 unspecified atom stereocenters. The number of rotatable bonds is 7. The Morgan fingerprint density at radius 3 is 2.82 bits per heavy atom. The van der Waals surface area contributed by atoms with Gasteiger partial charge in [-0.15, -0.1) is 0 Å². The molecule has 0 aromatic carbocycles. The molecular weight excluding hydrogens is 498 g/mol. The number of carbonyl (C=O) groups is 2. The molecule has 4 heterocycles. The number of imidazole rings is 1. The second kappa shape index (κ2) is 9.91. The van der Waals surface area contributed by atoms with Gasteiger partial charge in [0.2, 0.25) is 5.92 Å². The standard InChI is InChI=1S/C25H30F2N8O3/c26-25(27)7-5-17(6-8-25)20(31-23(36)22-21(16-3-4-16)32-38-33-22)18-14-35-19(30-18)11-15(12-29-35)13-34-10-2-1-9-28-24(34)37/h11-12,14,16-17,20H,1-10,13H2,(H,28,37)(H,31,36)/t20-/m0/s1. The van der Waals surface area contributed by atoms with E-state index in [4.69, 9.17) is 9.61 Å². The second-order valence-electron chi connectivity index (χ2n) is 10.6. The second-order valence-corrected chi connectivity index (χ2v) is 10.6. The minimum absolute atomic E-state index is 0.101. The lowest BCUT2D eigenvalue weighted by Crippen LogP contribution is -2.37. The molecule has 1 atom stereocenters. The molecule has 0 spiro atoms. The maximum Gasteiger partial charge on any atom is 0.317 e. The first-order chi connectivity index (χ1) is 18.4. The molecule has 2 aliphatic carbocycles. The van der Waals surface area contributed by atoms with Crippen molar-refractivity contribution in [3.8, 4) is 0 Å². The fourth-order valence-corrected chi connectivity index (χ4v) is 5.39. The molecule has 3 aliphatic rings. The third kappa shape index (κ3) is 5.18. The Labute approximate surface area is 217 Å². The van der Waals surface area contributed by atoms with Crippen LogP contribution in [0, 0.1) is 5.92 Å². The van der Waals surface area contributed by atoms with Gasteiger partial charge < -0.3 is 15.5 Å². The number of nitrogens with zero attached hydrogens (tertiary/aromatic N) is 6. The van der Waals surface area contributed by atoms with Crippen LogP contribution in [0.1, 0.15) is 90.8 Å². The van der Waals surface area contributed by atoms with Gasteiger partial charge in [0.05, 0.1) is 24.1 Å². The maximum absolute atomic E-state index is 14.0. The lowest BCUT2D eigenvalue weighted by atomic mass is 9.81. The van der Waals surface area contributed by atoms with Crippen LogP contribution in [0.3, 0.4) is 0 Å². The van der Waals surface area contributed by atoms with E-state index in [1.807, 2.05) is 6.07 Å². The third-order valence-electron chi connectivity index (χ3n) is 7.72. The summed E-state index contributed by atoms with van der Waals surface area (Å²) < 4.78 is 34.4. The highest BCUT2D eigenvalue weighted by atomic mass is 19.3. The summed E-state index contributed by atoms with van der Waals surface area (Å²) in [4.78, 5) is 32.1. The number of hydrogen-bond donors (Lipinski definition) is 2. The molecular formula is C25H30F2N8O3. The molecule has 1 aliphatic heterocycles. The zero-order chi connectivity index (χ0) is 26.3. The topological polar surface area (TPSA) is 131 Å². The Bertz CT molecular complexity index is 1330. The van der Waals surface area contributed by atoms with Crippen LogP contribution in [0.15, 0.2) is 23.1 Å². The van der Waals surface area contributed by atoms with Gasteiger partial charge in [-0.05, 0) is 61.2 Å². The molecule has 2 saturated carbocycles. The van der Waals surface area contributed by atoms with Crippen LogP contribution >= 0.6 is 0 Å². The number of halogens is 2. The summed E-state index contributed by atoms with van der Waals surface area (Å²) >= 11 is 0.